The van der Waals surface area contributed by atoms with Crippen LogP contribution in [0.1, 0.15) is 34.6 Å². The minimum Gasteiger partial charge on any atom is -0.464 e. The number of benzene rings is 1. The molecule has 20 heavy (non-hydrogen) atoms. The predicted octanol–water partition coefficient (Wildman–Crippen LogP) is 2.74. The van der Waals surface area contributed by atoms with Crippen LogP contribution in [0.3, 0.4) is 0 Å². The maximum Gasteiger partial charge on any atom is 0.358 e. The summed E-state index contributed by atoms with van der Waals surface area (Å²) in [6.07, 6.45) is 0. The molecule has 0 saturated carbocycles. The number of nitrogens with zero attached hydrogens (tertiary/aromatic N) is 2. The molecule has 1 N–H and O–H groups in total. The summed E-state index contributed by atoms with van der Waals surface area (Å²) < 4.78 is 4.58. The van der Waals surface area contributed by atoms with Crippen LogP contribution in [-0.2, 0) is 4.74 Å². The normalized spacial score (nSPS) is 11.8. The second-order valence-corrected chi connectivity index (χ2v) is 4.52. The standard InChI is InChI=1S/C15H17N3O2/c1-10-6-4-5-7-12(10)11(2)16-14-9-8-13(17-18-14)15(19)20-3/h4-9,11H,1-3H3,(H,16,18)/t11-/m0/s1. The number of hydrogen-bond donors (Lipinski definition) is 1. The molecule has 0 aliphatic rings. The summed E-state index contributed by atoms with van der Waals surface area (Å²) in [5.41, 5.74) is 2.61. The summed E-state index contributed by atoms with van der Waals surface area (Å²) in [6.45, 7) is 4.12. The molecule has 2 aromatic rings. The van der Waals surface area contributed by atoms with E-state index < -0.39 is 5.97 Å². The maximum absolute atomic E-state index is 11.3. The molecule has 1 atom stereocenters. The Bertz CT molecular complexity index is 596. The van der Waals surface area contributed by atoms with Crippen LogP contribution >= 0.6 is 0 Å². The number of aromatic nitrogens is 2. The van der Waals surface area contributed by atoms with E-state index in [2.05, 4.69) is 46.2 Å². The lowest BCUT2D eigenvalue weighted by molar-refractivity contribution is 0.0593. The number of methoxy groups -OCH3 is 1. The molecule has 0 unspecified atom stereocenters. The van der Waals surface area contributed by atoms with E-state index in [0.29, 0.717) is 5.82 Å². The van der Waals surface area contributed by atoms with E-state index in [9.17, 15) is 4.79 Å². The van der Waals surface area contributed by atoms with Crippen molar-refractivity contribution in [1.82, 2.24) is 10.2 Å². The van der Waals surface area contributed by atoms with Gasteiger partial charge in [0, 0.05) is 0 Å². The molecular weight excluding hydrogens is 254 g/mol. The first-order valence-electron chi connectivity index (χ1n) is 6.36. The van der Waals surface area contributed by atoms with Crippen LogP contribution in [0.2, 0.25) is 0 Å². The fourth-order valence-corrected chi connectivity index (χ4v) is 1.99. The van der Waals surface area contributed by atoms with Crippen molar-refractivity contribution < 1.29 is 9.53 Å². The molecule has 0 radical (unpaired) electrons. The van der Waals surface area contributed by atoms with Gasteiger partial charge in [0.15, 0.2) is 5.69 Å². The van der Waals surface area contributed by atoms with Crippen molar-refractivity contribution >= 4 is 11.8 Å². The van der Waals surface area contributed by atoms with Gasteiger partial charge < -0.3 is 10.1 Å². The largest absolute Gasteiger partial charge is 0.464 e. The van der Waals surface area contributed by atoms with Crippen molar-refractivity contribution in [1.29, 1.82) is 0 Å². The Balaban J connectivity index is 2.10. The molecular formula is C15H17N3O2. The Morgan fingerprint density at radius 2 is 1.95 bits per heavy atom. The molecule has 2 rings (SSSR count). The first-order chi connectivity index (χ1) is 9.61. The van der Waals surface area contributed by atoms with Crippen LogP contribution in [0.5, 0.6) is 0 Å². The first kappa shape index (κ1) is 14.0. The van der Waals surface area contributed by atoms with Crippen LogP contribution in [0.25, 0.3) is 0 Å². The summed E-state index contributed by atoms with van der Waals surface area (Å²) in [7, 11) is 1.32. The highest BCUT2D eigenvalue weighted by Gasteiger charge is 2.11. The van der Waals surface area contributed by atoms with Gasteiger partial charge in [-0.3, -0.25) is 0 Å². The topological polar surface area (TPSA) is 64.1 Å². The molecule has 0 aliphatic carbocycles. The van der Waals surface area contributed by atoms with Crippen molar-refractivity contribution in [2.45, 2.75) is 19.9 Å². The third kappa shape index (κ3) is 3.12. The molecule has 0 spiro atoms. The van der Waals surface area contributed by atoms with E-state index in [0.717, 1.165) is 0 Å². The van der Waals surface area contributed by atoms with E-state index in [4.69, 9.17) is 0 Å². The molecule has 0 fully saturated rings. The SMILES string of the molecule is COC(=O)c1ccc(N[C@@H](C)c2ccccc2C)nn1. The van der Waals surface area contributed by atoms with Gasteiger partial charge in [-0.25, -0.2) is 4.79 Å². The van der Waals surface area contributed by atoms with E-state index in [1.807, 2.05) is 12.1 Å². The number of nitrogens with one attached hydrogen (secondary N) is 1. The Kier molecular flexibility index (Phi) is 4.30. The van der Waals surface area contributed by atoms with Gasteiger partial charge in [-0.1, -0.05) is 24.3 Å². The van der Waals surface area contributed by atoms with E-state index in [-0.39, 0.29) is 11.7 Å². The van der Waals surface area contributed by atoms with Crippen molar-refractivity contribution in [2.75, 3.05) is 12.4 Å². The van der Waals surface area contributed by atoms with Crippen LogP contribution < -0.4 is 5.32 Å². The number of carbonyl (C=O) groups excluding carboxylic acids is 1. The van der Waals surface area contributed by atoms with Crippen molar-refractivity contribution in [2.24, 2.45) is 0 Å². The zero-order chi connectivity index (χ0) is 14.5. The van der Waals surface area contributed by atoms with Gasteiger partial charge in [0.2, 0.25) is 0 Å². The second kappa shape index (κ2) is 6.14. The highest BCUT2D eigenvalue weighted by molar-refractivity contribution is 5.86. The third-order valence-electron chi connectivity index (χ3n) is 3.08. The fraction of sp³-hybridized carbons (Fsp3) is 0.267. The average molecular weight is 271 g/mol. The van der Waals surface area contributed by atoms with Crippen molar-refractivity contribution in [3.63, 3.8) is 0 Å². The summed E-state index contributed by atoms with van der Waals surface area (Å²) in [5.74, 6) is 0.129. The van der Waals surface area contributed by atoms with Crippen LogP contribution in [-0.4, -0.2) is 23.3 Å². The molecule has 0 aliphatic heterocycles. The van der Waals surface area contributed by atoms with Gasteiger partial charge in [-0.15, -0.1) is 10.2 Å². The molecule has 5 heteroatoms. The van der Waals surface area contributed by atoms with Crippen molar-refractivity contribution in [3.8, 4) is 0 Å². The Morgan fingerprint density at radius 1 is 1.20 bits per heavy atom. The number of ether oxygens (including phenoxy) is 1. The zero-order valence-electron chi connectivity index (χ0n) is 11.8. The molecule has 0 amide bonds. The monoisotopic (exact) mass is 271 g/mol. The van der Waals surface area contributed by atoms with E-state index in [1.165, 1.54) is 18.2 Å². The quantitative estimate of drug-likeness (QED) is 0.866. The number of aryl methyl sites for hydroxylation is 1. The number of hydrogen-bond acceptors (Lipinski definition) is 5. The molecule has 1 aromatic heterocycles. The van der Waals surface area contributed by atoms with E-state index >= 15 is 0 Å². The van der Waals surface area contributed by atoms with Gasteiger partial charge in [-0.05, 0) is 37.1 Å². The number of esters is 1. The van der Waals surface area contributed by atoms with Crippen LogP contribution in [0.4, 0.5) is 5.82 Å². The fourth-order valence-electron chi connectivity index (χ4n) is 1.99. The van der Waals surface area contributed by atoms with Crippen LogP contribution in [0, 0.1) is 6.92 Å². The molecule has 0 saturated heterocycles. The number of anilines is 1. The number of carbonyl (C=O) groups is 1. The van der Waals surface area contributed by atoms with Gasteiger partial charge in [-0.2, -0.15) is 0 Å². The smallest absolute Gasteiger partial charge is 0.358 e. The minimum atomic E-state index is -0.490. The Hall–Kier alpha value is -2.43. The highest BCUT2D eigenvalue weighted by atomic mass is 16.5. The average Bonchev–Trinajstić information content (AvgIpc) is 2.47. The lowest BCUT2D eigenvalue weighted by atomic mass is 10.0. The summed E-state index contributed by atoms with van der Waals surface area (Å²) in [6, 6.07) is 11.6. The molecule has 5 nitrogen and oxygen atoms in total. The summed E-state index contributed by atoms with van der Waals surface area (Å²) in [5, 5.41) is 11.1. The lowest BCUT2D eigenvalue weighted by Gasteiger charge is -2.16. The molecule has 1 heterocycles. The number of rotatable bonds is 4. The third-order valence-corrected chi connectivity index (χ3v) is 3.08. The zero-order valence-corrected chi connectivity index (χ0v) is 11.8. The van der Waals surface area contributed by atoms with Gasteiger partial charge in [0.05, 0.1) is 13.2 Å². The molecule has 0 bridgehead atoms. The minimum absolute atomic E-state index is 0.106. The van der Waals surface area contributed by atoms with Gasteiger partial charge in [0.1, 0.15) is 5.82 Å². The van der Waals surface area contributed by atoms with Crippen LogP contribution in [0.15, 0.2) is 36.4 Å². The van der Waals surface area contributed by atoms with Crippen molar-refractivity contribution in [3.05, 3.63) is 53.2 Å². The summed E-state index contributed by atoms with van der Waals surface area (Å²) >= 11 is 0. The second-order valence-electron chi connectivity index (χ2n) is 4.52. The highest BCUT2D eigenvalue weighted by Crippen LogP contribution is 2.20. The maximum atomic E-state index is 11.3. The molecule has 1 aromatic carbocycles. The van der Waals surface area contributed by atoms with E-state index in [1.54, 1.807) is 12.1 Å². The first-order valence-corrected chi connectivity index (χ1v) is 6.36. The van der Waals surface area contributed by atoms with Gasteiger partial charge in [0.25, 0.3) is 0 Å². The lowest BCUT2D eigenvalue weighted by Crippen LogP contribution is -2.11. The van der Waals surface area contributed by atoms with Gasteiger partial charge >= 0.3 is 5.97 Å². The summed E-state index contributed by atoms with van der Waals surface area (Å²) in [4.78, 5) is 11.3. The Morgan fingerprint density at radius 3 is 2.55 bits per heavy atom. The predicted molar refractivity (Wildman–Crippen MR) is 76.6 cm³/mol. The Labute approximate surface area is 118 Å². The molecule has 104 valence electrons.